The number of aromatic nitrogens is 1. The highest BCUT2D eigenvalue weighted by Gasteiger charge is 2.02. The van der Waals surface area contributed by atoms with Crippen LogP contribution in [0.2, 0.25) is 0 Å². The molecule has 0 aliphatic carbocycles. The van der Waals surface area contributed by atoms with Gasteiger partial charge < -0.3 is 5.21 Å². The molecule has 0 fully saturated rings. The number of hydroxylamine groups is 1. The van der Waals surface area contributed by atoms with E-state index in [-0.39, 0.29) is 6.04 Å². The van der Waals surface area contributed by atoms with Crippen molar-refractivity contribution in [2.45, 2.75) is 13.0 Å². The summed E-state index contributed by atoms with van der Waals surface area (Å²) in [6.45, 7) is 1.84. The molecular formula is C5H8N2OS. The summed E-state index contributed by atoms with van der Waals surface area (Å²) in [5.74, 6) is 0. The summed E-state index contributed by atoms with van der Waals surface area (Å²) in [4.78, 5) is 3.98. The topological polar surface area (TPSA) is 45.1 Å². The molecule has 0 amide bonds. The van der Waals surface area contributed by atoms with Crippen LogP contribution in [0.15, 0.2) is 10.9 Å². The van der Waals surface area contributed by atoms with Gasteiger partial charge in [0.05, 0.1) is 17.2 Å². The predicted molar refractivity (Wildman–Crippen MR) is 35.5 cm³/mol. The van der Waals surface area contributed by atoms with Crippen LogP contribution in [0.4, 0.5) is 0 Å². The summed E-state index contributed by atoms with van der Waals surface area (Å²) < 4.78 is 0. The lowest BCUT2D eigenvalue weighted by atomic mass is 10.3. The second-order valence-electron chi connectivity index (χ2n) is 1.76. The molecule has 1 rings (SSSR count). The number of nitrogens with zero attached hydrogens (tertiary/aromatic N) is 1. The van der Waals surface area contributed by atoms with E-state index in [1.807, 2.05) is 12.3 Å². The van der Waals surface area contributed by atoms with Crippen LogP contribution >= 0.6 is 11.3 Å². The Hall–Kier alpha value is -0.450. The average Bonchev–Trinajstić information content (AvgIpc) is 2.37. The molecule has 1 aromatic heterocycles. The fourth-order valence-corrected chi connectivity index (χ4v) is 1.15. The molecule has 3 nitrogen and oxygen atoms in total. The first-order valence-electron chi connectivity index (χ1n) is 2.62. The second kappa shape index (κ2) is 2.91. The Morgan fingerprint density at radius 1 is 1.89 bits per heavy atom. The smallest absolute Gasteiger partial charge is 0.0795 e. The van der Waals surface area contributed by atoms with Crippen LogP contribution in [0, 0.1) is 0 Å². The van der Waals surface area contributed by atoms with Gasteiger partial charge in [-0.25, -0.2) is 4.98 Å². The van der Waals surface area contributed by atoms with Crippen molar-refractivity contribution in [3.05, 3.63) is 16.6 Å². The maximum atomic E-state index is 8.42. The standard InChI is InChI=1S/C5H8N2OS/c1-4(7-8)5-2-9-3-6-5/h2-4,7-8H,1H3. The van der Waals surface area contributed by atoms with Crippen molar-refractivity contribution in [3.63, 3.8) is 0 Å². The van der Waals surface area contributed by atoms with Crippen molar-refractivity contribution < 1.29 is 5.21 Å². The van der Waals surface area contributed by atoms with E-state index < -0.39 is 0 Å². The van der Waals surface area contributed by atoms with Crippen LogP contribution in [-0.2, 0) is 0 Å². The van der Waals surface area contributed by atoms with E-state index in [1.165, 1.54) is 11.3 Å². The van der Waals surface area contributed by atoms with Crippen molar-refractivity contribution in [2.75, 3.05) is 0 Å². The van der Waals surface area contributed by atoms with Crippen molar-refractivity contribution in [3.8, 4) is 0 Å². The second-order valence-corrected chi connectivity index (χ2v) is 2.48. The molecular weight excluding hydrogens is 136 g/mol. The minimum absolute atomic E-state index is 0.0590. The molecule has 0 spiro atoms. The normalized spacial score (nSPS) is 13.6. The van der Waals surface area contributed by atoms with Gasteiger partial charge in [-0.15, -0.1) is 11.3 Å². The zero-order valence-electron chi connectivity index (χ0n) is 5.03. The summed E-state index contributed by atoms with van der Waals surface area (Å²) in [6, 6.07) is -0.0590. The summed E-state index contributed by atoms with van der Waals surface area (Å²) in [5, 5.41) is 10.3. The summed E-state index contributed by atoms with van der Waals surface area (Å²) >= 11 is 1.52. The summed E-state index contributed by atoms with van der Waals surface area (Å²) in [5.41, 5.74) is 4.73. The van der Waals surface area contributed by atoms with E-state index in [4.69, 9.17) is 5.21 Å². The number of rotatable bonds is 2. The van der Waals surface area contributed by atoms with Gasteiger partial charge in [-0.2, -0.15) is 5.48 Å². The third-order valence-electron chi connectivity index (χ3n) is 1.09. The van der Waals surface area contributed by atoms with Gasteiger partial charge in [0.25, 0.3) is 0 Å². The third-order valence-corrected chi connectivity index (χ3v) is 1.69. The van der Waals surface area contributed by atoms with Gasteiger partial charge in [-0.05, 0) is 6.92 Å². The van der Waals surface area contributed by atoms with Crippen LogP contribution < -0.4 is 5.48 Å². The molecule has 50 valence electrons. The van der Waals surface area contributed by atoms with Gasteiger partial charge in [0.1, 0.15) is 0 Å². The first kappa shape index (κ1) is 6.67. The van der Waals surface area contributed by atoms with Gasteiger partial charge in [-0.3, -0.25) is 0 Å². The molecule has 0 saturated carbocycles. The van der Waals surface area contributed by atoms with E-state index in [0.717, 1.165) is 5.69 Å². The fraction of sp³-hybridized carbons (Fsp3) is 0.400. The maximum absolute atomic E-state index is 8.42. The van der Waals surface area contributed by atoms with Gasteiger partial charge >= 0.3 is 0 Å². The third kappa shape index (κ3) is 1.48. The number of nitrogens with one attached hydrogen (secondary N) is 1. The Bertz CT molecular complexity index is 163. The van der Waals surface area contributed by atoms with E-state index in [2.05, 4.69) is 10.5 Å². The lowest BCUT2D eigenvalue weighted by Gasteiger charge is -2.02. The number of hydrogen-bond acceptors (Lipinski definition) is 4. The molecule has 0 radical (unpaired) electrons. The highest BCUT2D eigenvalue weighted by molar-refractivity contribution is 7.07. The molecule has 0 bridgehead atoms. The van der Waals surface area contributed by atoms with Crippen molar-refractivity contribution >= 4 is 11.3 Å². The molecule has 0 aromatic carbocycles. The Balaban J connectivity index is 2.65. The lowest BCUT2D eigenvalue weighted by Crippen LogP contribution is -2.13. The van der Waals surface area contributed by atoms with Crippen LogP contribution in [0.5, 0.6) is 0 Å². The summed E-state index contributed by atoms with van der Waals surface area (Å²) in [6.07, 6.45) is 0. The van der Waals surface area contributed by atoms with Crippen LogP contribution in [0.1, 0.15) is 18.7 Å². The van der Waals surface area contributed by atoms with E-state index >= 15 is 0 Å². The molecule has 9 heavy (non-hydrogen) atoms. The zero-order chi connectivity index (χ0) is 6.69. The molecule has 1 atom stereocenters. The maximum Gasteiger partial charge on any atom is 0.0795 e. The number of thiazole rings is 1. The molecule has 4 heteroatoms. The van der Waals surface area contributed by atoms with E-state index in [1.54, 1.807) is 5.51 Å². The Morgan fingerprint density at radius 2 is 2.67 bits per heavy atom. The highest BCUT2D eigenvalue weighted by atomic mass is 32.1. The number of hydrogen-bond donors (Lipinski definition) is 2. The van der Waals surface area contributed by atoms with Crippen molar-refractivity contribution in [1.82, 2.24) is 10.5 Å². The van der Waals surface area contributed by atoms with Crippen LogP contribution in [0.3, 0.4) is 0 Å². The largest absolute Gasteiger partial charge is 0.316 e. The van der Waals surface area contributed by atoms with Gasteiger partial charge in [0.15, 0.2) is 0 Å². The predicted octanol–water partition coefficient (Wildman–Crippen LogP) is 1.18. The summed E-state index contributed by atoms with van der Waals surface area (Å²) in [7, 11) is 0. The first-order valence-corrected chi connectivity index (χ1v) is 3.56. The average molecular weight is 144 g/mol. The SMILES string of the molecule is CC(NO)c1cscn1. The van der Waals surface area contributed by atoms with Crippen LogP contribution in [0.25, 0.3) is 0 Å². The Kier molecular flexibility index (Phi) is 2.16. The van der Waals surface area contributed by atoms with E-state index in [9.17, 15) is 0 Å². The molecule has 1 unspecified atom stereocenters. The molecule has 1 aromatic rings. The Morgan fingerprint density at radius 3 is 3.11 bits per heavy atom. The molecule has 1 heterocycles. The van der Waals surface area contributed by atoms with Crippen LogP contribution in [-0.4, -0.2) is 10.2 Å². The quantitative estimate of drug-likeness (QED) is 0.613. The van der Waals surface area contributed by atoms with Crippen molar-refractivity contribution in [1.29, 1.82) is 0 Å². The molecule has 0 aliphatic heterocycles. The van der Waals surface area contributed by atoms with Crippen molar-refractivity contribution in [2.24, 2.45) is 0 Å². The molecule has 0 saturated heterocycles. The van der Waals surface area contributed by atoms with Gasteiger partial charge in [0, 0.05) is 5.38 Å². The zero-order valence-corrected chi connectivity index (χ0v) is 5.85. The monoisotopic (exact) mass is 144 g/mol. The highest BCUT2D eigenvalue weighted by Crippen LogP contribution is 2.09. The molecule has 0 aliphatic rings. The van der Waals surface area contributed by atoms with Gasteiger partial charge in [-0.1, -0.05) is 0 Å². The minimum Gasteiger partial charge on any atom is -0.316 e. The first-order chi connectivity index (χ1) is 4.34. The van der Waals surface area contributed by atoms with E-state index in [0.29, 0.717) is 0 Å². The Labute approximate surface area is 57.3 Å². The minimum atomic E-state index is -0.0590. The fourth-order valence-electron chi connectivity index (χ4n) is 0.502. The lowest BCUT2D eigenvalue weighted by molar-refractivity contribution is 0.132. The molecule has 2 N–H and O–H groups in total. The van der Waals surface area contributed by atoms with Gasteiger partial charge in [0.2, 0.25) is 0 Å².